The van der Waals surface area contributed by atoms with Gasteiger partial charge >= 0.3 is 42.5 Å². The number of benzene rings is 6. The predicted molar refractivity (Wildman–Crippen MR) is 280 cm³/mol. The molecule has 0 saturated heterocycles. The maximum Gasteiger partial charge on any atom is 0.527 e. The molecule has 8 aromatic rings. The summed E-state index contributed by atoms with van der Waals surface area (Å²) in [7, 11) is -8.29. The van der Waals surface area contributed by atoms with Gasteiger partial charge in [0.05, 0.1) is 25.6 Å². The Balaban J connectivity index is 0.000000222. The van der Waals surface area contributed by atoms with Crippen molar-refractivity contribution in [3.8, 4) is 56.6 Å². The van der Waals surface area contributed by atoms with E-state index in [0.29, 0.717) is 33.5 Å². The zero-order valence-electron chi connectivity index (χ0n) is 42.5. The molecule has 0 saturated carbocycles. The van der Waals surface area contributed by atoms with Crippen LogP contribution in [0.4, 0.5) is 25.8 Å². The van der Waals surface area contributed by atoms with Crippen LogP contribution >= 0.6 is 0 Å². The summed E-state index contributed by atoms with van der Waals surface area (Å²) in [6.07, 6.45) is 2.87. The van der Waals surface area contributed by atoms with Crippen LogP contribution < -0.4 is 36.2 Å². The van der Waals surface area contributed by atoms with Crippen molar-refractivity contribution in [1.29, 1.82) is 0 Å². The van der Waals surface area contributed by atoms with Crippen LogP contribution in [0.15, 0.2) is 141 Å². The second-order valence-corrected chi connectivity index (χ2v) is 22.4. The number of halogens is 6. The van der Waals surface area contributed by atoms with E-state index in [1.54, 1.807) is 50.6 Å². The summed E-state index contributed by atoms with van der Waals surface area (Å²) >= 11 is 0. The molecule has 0 atom stereocenters. The number of nitrogens with one attached hydrogen (secondary N) is 2. The smallest absolute Gasteiger partial charge is 0.508 e. The van der Waals surface area contributed by atoms with Crippen molar-refractivity contribution in [2.24, 2.45) is 0 Å². The maximum atomic E-state index is 13.4. The quantitative estimate of drug-likeness (QED) is 0.0697. The van der Waals surface area contributed by atoms with Crippen LogP contribution in [0.25, 0.3) is 55.2 Å². The lowest BCUT2D eigenvalue weighted by molar-refractivity contribution is -0.0479. The Labute approximate surface area is 436 Å². The van der Waals surface area contributed by atoms with Crippen molar-refractivity contribution in [3.63, 3.8) is 0 Å². The van der Waals surface area contributed by atoms with E-state index in [1.807, 2.05) is 69.3 Å². The highest BCUT2D eigenvalue weighted by atomic mass is 32.3. The first-order valence-corrected chi connectivity index (χ1v) is 25.5. The summed E-state index contributed by atoms with van der Waals surface area (Å²) in [5.74, 6) is 1.30. The number of aromatic nitrogens is 4. The topological polar surface area (TPSA) is 226 Å². The van der Waals surface area contributed by atoms with E-state index < -0.39 is 53.6 Å². The van der Waals surface area contributed by atoms with Crippen LogP contribution in [0.5, 0.6) is 23.0 Å². The molecule has 24 heteroatoms. The minimum absolute atomic E-state index is 0.215. The average Bonchev–Trinajstić information content (AvgIpc) is 3.32. The minimum Gasteiger partial charge on any atom is -0.508 e. The number of rotatable bonds is 9. The fourth-order valence-corrected chi connectivity index (χ4v) is 8.28. The fraction of sp³-hybridized carbons (Fsp3) is 0.245. The lowest BCUT2D eigenvalue weighted by atomic mass is 9.83. The molecule has 6 aromatic carbocycles. The Morgan fingerprint density at radius 3 is 1.26 bits per heavy atom. The fourth-order valence-electron chi connectivity index (χ4n) is 7.77. The molecule has 2 heterocycles. The number of hydrogen-bond acceptors (Lipinski definition) is 12. The molecule has 0 aliphatic rings. The van der Waals surface area contributed by atoms with Gasteiger partial charge in [0.25, 0.3) is 11.1 Å². The van der Waals surface area contributed by atoms with E-state index in [2.05, 4.69) is 34.9 Å². The average molecular weight is 1110 g/mol. The second-order valence-electron chi connectivity index (χ2n) is 19.3. The molecule has 0 unspecified atom stereocenters. The highest BCUT2D eigenvalue weighted by Gasteiger charge is 2.46. The number of hydrogen-bond donors (Lipinski definition) is 3. The van der Waals surface area contributed by atoms with Crippen molar-refractivity contribution in [2.45, 2.75) is 70.1 Å². The van der Waals surface area contributed by atoms with Crippen LogP contribution in [-0.4, -0.2) is 66.0 Å². The Hall–Kier alpha value is -8.12. The number of methoxy groups -OCH3 is 2. The van der Waals surface area contributed by atoms with E-state index in [-0.39, 0.29) is 29.3 Å². The zero-order chi connectivity index (χ0) is 57.4. The number of alkyl halides is 5. The molecule has 0 fully saturated rings. The van der Waals surface area contributed by atoms with Crippen molar-refractivity contribution in [2.75, 3.05) is 14.2 Å². The largest absolute Gasteiger partial charge is 0.527 e. The summed E-state index contributed by atoms with van der Waals surface area (Å²) < 4.78 is 129. The molecule has 2 aromatic heterocycles. The summed E-state index contributed by atoms with van der Waals surface area (Å²) in [4.78, 5) is 52.7. The summed E-state index contributed by atoms with van der Waals surface area (Å²) in [6, 6.07) is 30.6. The monoisotopic (exact) mass is 1110 g/mol. The van der Waals surface area contributed by atoms with E-state index in [1.165, 1.54) is 45.8 Å². The van der Waals surface area contributed by atoms with Crippen molar-refractivity contribution in [1.82, 2.24) is 19.1 Å². The van der Waals surface area contributed by atoms with Gasteiger partial charge in [0, 0.05) is 53.7 Å². The molecule has 408 valence electrons. The summed E-state index contributed by atoms with van der Waals surface area (Å²) in [6.45, 7) is 12.5. The molecule has 0 amide bonds. The molecule has 3 N–H and O–H groups in total. The number of phenolic OH excluding ortho intramolecular Hbond substituents is 1. The van der Waals surface area contributed by atoms with Gasteiger partial charge < -0.3 is 18.8 Å². The van der Waals surface area contributed by atoms with Gasteiger partial charge in [-0.1, -0.05) is 81.8 Å². The first-order valence-electron chi connectivity index (χ1n) is 22.7. The van der Waals surface area contributed by atoms with Crippen LogP contribution in [0.3, 0.4) is 0 Å². The summed E-state index contributed by atoms with van der Waals surface area (Å²) in [5, 5.41) is 8.84. The first-order chi connectivity index (χ1) is 35.5. The standard InChI is InChI=1S/C27H26F2N2O6S.C25H24N2O4.CF4O2S/c1-26(2,3)22-15-19(31-11-10-23(32)30-25(31)33)14-21(24(22)36-5)18-7-6-17-13-20(9-8-16(17)12-18)37-38(34,35)27(4,28)29;1-25(2,3)21-14-18(27-10-9-22(29)26-24(27)30)13-20(23(21)31-4)17-6-5-16-12-19(28)8-7-15(16)11-17;2-1(3,4)8(5,6)7/h6-15H,1-5H3,(H,30,32,33);5-14,28H,1-4H3,(H,26,29,30);. The lowest BCUT2D eigenvalue weighted by Gasteiger charge is -2.25. The SMILES string of the molecule is COc1c(-c2ccc3cc(O)ccc3c2)cc(-n2ccc(=O)[nH]c2=O)cc1C(C)(C)C.COc1c(-c2ccc3cc(OS(=O)(=O)C(C)(F)F)ccc3c2)cc(-n2ccc(=O)[nH]c2=O)cc1C(C)(C)C.O=S(=O)(F)C(F)(F)F. The minimum atomic E-state index is -6.34. The van der Waals surface area contributed by atoms with Crippen LogP contribution in [0.1, 0.15) is 59.6 Å². The third-order valence-corrected chi connectivity index (χ3v) is 13.4. The van der Waals surface area contributed by atoms with Gasteiger partial charge in [-0.05, 0) is 104 Å². The van der Waals surface area contributed by atoms with Gasteiger partial charge in [-0.3, -0.25) is 28.7 Å². The van der Waals surface area contributed by atoms with Gasteiger partial charge in [-0.2, -0.15) is 38.8 Å². The molecule has 16 nitrogen and oxygen atoms in total. The molecule has 77 heavy (non-hydrogen) atoms. The number of aromatic amines is 2. The third kappa shape index (κ3) is 13.3. The number of nitrogens with zero attached hydrogens (tertiary/aromatic N) is 2. The van der Waals surface area contributed by atoms with Gasteiger partial charge in [-0.25, -0.2) is 9.59 Å². The van der Waals surface area contributed by atoms with E-state index >= 15 is 0 Å². The molecule has 0 radical (unpaired) electrons. The van der Waals surface area contributed by atoms with Crippen molar-refractivity contribution < 1.29 is 61.4 Å². The molecule has 0 spiro atoms. The Morgan fingerprint density at radius 1 is 0.519 bits per heavy atom. The normalized spacial score (nSPS) is 12.3. The molecular weight excluding hydrogens is 1060 g/mol. The second kappa shape index (κ2) is 21.5. The molecule has 8 rings (SSSR count). The Bertz CT molecular complexity index is 4040. The highest BCUT2D eigenvalue weighted by molar-refractivity contribution is 7.88. The van der Waals surface area contributed by atoms with Gasteiger partial charge in [-0.15, -0.1) is 0 Å². The van der Waals surface area contributed by atoms with E-state index in [9.17, 15) is 58.5 Å². The van der Waals surface area contributed by atoms with Crippen molar-refractivity contribution in [3.05, 3.63) is 174 Å². The lowest BCUT2D eigenvalue weighted by Crippen LogP contribution is -2.29. The van der Waals surface area contributed by atoms with E-state index in [0.717, 1.165) is 44.3 Å². The zero-order valence-corrected chi connectivity index (χ0v) is 44.1. The van der Waals surface area contributed by atoms with Gasteiger partial charge in [0.2, 0.25) is 0 Å². The first kappa shape index (κ1) is 58.1. The number of H-pyrrole nitrogens is 2. The van der Waals surface area contributed by atoms with Crippen molar-refractivity contribution >= 4 is 41.9 Å². The predicted octanol–water partition coefficient (Wildman–Crippen LogP) is 10.1. The number of aromatic hydroxyl groups is 1. The Morgan fingerprint density at radius 2 is 0.896 bits per heavy atom. The van der Waals surface area contributed by atoms with Crippen LogP contribution in [0.2, 0.25) is 0 Å². The van der Waals surface area contributed by atoms with Gasteiger partial charge in [0.1, 0.15) is 23.0 Å². The third-order valence-electron chi connectivity index (χ3n) is 11.6. The molecule has 0 aliphatic carbocycles. The van der Waals surface area contributed by atoms with E-state index in [4.69, 9.17) is 17.9 Å². The summed E-state index contributed by atoms with van der Waals surface area (Å²) in [5.41, 5.74) is -2.39. The van der Waals surface area contributed by atoms with Crippen LogP contribution in [0, 0.1) is 0 Å². The number of ether oxygens (including phenoxy) is 2. The molecular formula is C53H50F6N4O12S2. The van der Waals surface area contributed by atoms with Crippen LogP contribution in [-0.2, 0) is 31.2 Å². The maximum absolute atomic E-state index is 13.4. The van der Waals surface area contributed by atoms with Gasteiger partial charge in [0.15, 0.2) is 0 Å². The Kier molecular flexibility index (Phi) is 16.2. The number of phenols is 1. The molecule has 0 bridgehead atoms. The molecule has 0 aliphatic heterocycles. The number of fused-ring (bicyclic) bond motifs is 2. The highest BCUT2D eigenvalue weighted by Crippen LogP contribution is 2.44.